The van der Waals surface area contributed by atoms with Crippen molar-refractivity contribution in [2.45, 2.75) is 20.0 Å². The molecule has 0 aliphatic carbocycles. The van der Waals surface area contributed by atoms with Crippen LogP contribution >= 0.6 is 0 Å². The van der Waals surface area contributed by atoms with E-state index in [4.69, 9.17) is 10.5 Å². The number of pyridine rings is 1. The van der Waals surface area contributed by atoms with Crippen molar-refractivity contribution < 1.29 is 14.3 Å². The van der Waals surface area contributed by atoms with Gasteiger partial charge in [-0.15, -0.1) is 0 Å². The molecule has 3 aromatic carbocycles. The van der Waals surface area contributed by atoms with Gasteiger partial charge in [0.15, 0.2) is 11.5 Å². The van der Waals surface area contributed by atoms with Gasteiger partial charge in [0, 0.05) is 23.9 Å². The number of benzene rings is 3. The van der Waals surface area contributed by atoms with Crippen LogP contribution in [0.15, 0.2) is 104 Å². The van der Waals surface area contributed by atoms with Gasteiger partial charge in [0.1, 0.15) is 6.61 Å². The second kappa shape index (κ2) is 13.2. The maximum atomic E-state index is 13.3. The highest BCUT2D eigenvalue weighted by Gasteiger charge is 2.17. The summed E-state index contributed by atoms with van der Waals surface area (Å²) < 4.78 is 5.24. The largest absolute Gasteiger partial charge is 0.445 e. The SMILES string of the molecule is Cc1ccccc1-c1ccncc1NC(=O)c1nc(-c2ccc(CCNC(=O)OCc3ccccc3)cc2)cnc1N. The average molecular weight is 559 g/mol. The Morgan fingerprint density at radius 3 is 2.40 bits per heavy atom. The van der Waals surface area contributed by atoms with Crippen LogP contribution in [0.2, 0.25) is 0 Å². The fourth-order valence-corrected chi connectivity index (χ4v) is 4.42. The summed E-state index contributed by atoms with van der Waals surface area (Å²) in [7, 11) is 0. The number of nitrogens with two attached hydrogens (primary N) is 1. The molecule has 0 bridgehead atoms. The Hall–Kier alpha value is -5.57. The van der Waals surface area contributed by atoms with E-state index in [1.165, 1.54) is 6.20 Å². The van der Waals surface area contributed by atoms with Crippen LogP contribution in [0, 0.1) is 6.92 Å². The van der Waals surface area contributed by atoms with E-state index in [1.54, 1.807) is 12.4 Å². The fourth-order valence-electron chi connectivity index (χ4n) is 4.42. The molecule has 42 heavy (non-hydrogen) atoms. The van der Waals surface area contributed by atoms with Gasteiger partial charge in [-0.3, -0.25) is 9.78 Å². The van der Waals surface area contributed by atoms with Gasteiger partial charge >= 0.3 is 6.09 Å². The normalized spacial score (nSPS) is 10.6. The first-order valence-corrected chi connectivity index (χ1v) is 13.5. The van der Waals surface area contributed by atoms with Gasteiger partial charge in [0.25, 0.3) is 5.91 Å². The summed E-state index contributed by atoms with van der Waals surface area (Å²) in [6, 6.07) is 26.9. The van der Waals surface area contributed by atoms with Crippen LogP contribution in [0.1, 0.15) is 27.2 Å². The molecule has 5 aromatic rings. The second-order valence-corrected chi connectivity index (χ2v) is 9.61. The van der Waals surface area contributed by atoms with E-state index in [1.807, 2.05) is 91.9 Å². The number of anilines is 2. The number of nitrogen functional groups attached to an aromatic ring is 1. The standard InChI is InChI=1S/C33H30N6O3/c1-22-7-5-6-10-26(22)27-16-17-35-19-29(27)39-32(40)30-31(34)37-20-28(38-30)25-13-11-23(12-14-25)15-18-36-33(41)42-21-24-8-3-2-4-9-24/h2-14,16-17,19-20H,15,18,21H2,1H3,(H2,34,37)(H,36,41)(H,39,40). The molecule has 0 aliphatic rings. The highest BCUT2D eigenvalue weighted by atomic mass is 16.5. The number of alkyl carbamates (subject to hydrolysis) is 1. The fraction of sp³-hybridized carbons (Fsp3) is 0.121. The minimum atomic E-state index is -0.480. The van der Waals surface area contributed by atoms with Gasteiger partial charge in [-0.05, 0) is 41.7 Å². The lowest BCUT2D eigenvalue weighted by Gasteiger charge is -2.13. The molecule has 9 heteroatoms. The topological polar surface area (TPSA) is 132 Å². The number of hydrogen-bond acceptors (Lipinski definition) is 7. The van der Waals surface area contributed by atoms with E-state index < -0.39 is 12.0 Å². The molecule has 9 nitrogen and oxygen atoms in total. The number of carbonyl (C=O) groups excluding carboxylic acids is 2. The molecule has 0 aliphatic heterocycles. The van der Waals surface area contributed by atoms with Crippen molar-refractivity contribution in [1.82, 2.24) is 20.3 Å². The molecular formula is C33H30N6O3. The molecule has 4 N–H and O–H groups in total. The number of amides is 2. The number of nitrogens with zero attached hydrogens (tertiary/aromatic N) is 3. The van der Waals surface area contributed by atoms with E-state index in [0.29, 0.717) is 24.3 Å². The van der Waals surface area contributed by atoms with Crippen molar-refractivity contribution in [3.8, 4) is 22.4 Å². The summed E-state index contributed by atoms with van der Waals surface area (Å²) in [5, 5.41) is 5.67. The Labute approximate surface area is 243 Å². The van der Waals surface area contributed by atoms with Crippen LogP contribution in [-0.2, 0) is 17.8 Å². The zero-order valence-corrected chi connectivity index (χ0v) is 23.1. The first-order valence-electron chi connectivity index (χ1n) is 13.5. The maximum absolute atomic E-state index is 13.3. The molecule has 0 saturated heterocycles. The molecule has 5 rings (SSSR count). The van der Waals surface area contributed by atoms with E-state index >= 15 is 0 Å². The zero-order valence-electron chi connectivity index (χ0n) is 23.1. The lowest BCUT2D eigenvalue weighted by molar-refractivity contribution is 0.102. The number of carbonyl (C=O) groups is 2. The Kier molecular flexibility index (Phi) is 8.79. The van der Waals surface area contributed by atoms with E-state index in [9.17, 15) is 9.59 Å². The number of ether oxygens (including phenoxy) is 1. The average Bonchev–Trinajstić information content (AvgIpc) is 3.02. The highest BCUT2D eigenvalue weighted by molar-refractivity contribution is 6.07. The number of rotatable bonds is 9. The Bertz CT molecular complexity index is 1690. The van der Waals surface area contributed by atoms with Crippen LogP contribution < -0.4 is 16.4 Å². The predicted octanol–water partition coefficient (Wildman–Crippen LogP) is 5.82. The molecule has 0 spiro atoms. The lowest BCUT2D eigenvalue weighted by atomic mass is 10.0. The lowest BCUT2D eigenvalue weighted by Crippen LogP contribution is -2.26. The van der Waals surface area contributed by atoms with E-state index in [-0.39, 0.29) is 18.1 Å². The molecule has 0 radical (unpaired) electrons. The minimum Gasteiger partial charge on any atom is -0.445 e. The van der Waals surface area contributed by atoms with Crippen LogP contribution in [-0.4, -0.2) is 33.5 Å². The van der Waals surface area contributed by atoms with E-state index in [2.05, 4.69) is 25.6 Å². The minimum absolute atomic E-state index is 0.0226. The third kappa shape index (κ3) is 6.95. The highest BCUT2D eigenvalue weighted by Crippen LogP contribution is 2.30. The molecule has 210 valence electrons. The maximum Gasteiger partial charge on any atom is 0.407 e. The molecule has 2 heterocycles. The van der Waals surface area contributed by atoms with Crippen molar-refractivity contribution in [1.29, 1.82) is 0 Å². The summed E-state index contributed by atoms with van der Waals surface area (Å²) in [5.74, 6) is -0.453. The monoisotopic (exact) mass is 558 g/mol. The number of aromatic nitrogens is 3. The number of nitrogens with one attached hydrogen (secondary N) is 2. The van der Waals surface area contributed by atoms with Crippen molar-refractivity contribution in [2.24, 2.45) is 0 Å². The third-order valence-electron chi connectivity index (χ3n) is 6.67. The van der Waals surface area contributed by atoms with Gasteiger partial charge in [-0.1, -0.05) is 78.9 Å². The van der Waals surface area contributed by atoms with Gasteiger partial charge < -0.3 is 21.1 Å². The number of aryl methyl sites for hydroxylation is 1. The molecule has 0 fully saturated rings. The summed E-state index contributed by atoms with van der Waals surface area (Å²) in [6.45, 7) is 2.66. The van der Waals surface area contributed by atoms with Crippen molar-refractivity contribution in [2.75, 3.05) is 17.6 Å². The summed E-state index contributed by atoms with van der Waals surface area (Å²) >= 11 is 0. The smallest absolute Gasteiger partial charge is 0.407 e. The van der Waals surface area contributed by atoms with Crippen LogP contribution in [0.25, 0.3) is 22.4 Å². The third-order valence-corrected chi connectivity index (χ3v) is 6.67. The molecular weight excluding hydrogens is 528 g/mol. The quantitative estimate of drug-likeness (QED) is 0.208. The molecule has 0 atom stereocenters. The van der Waals surface area contributed by atoms with Crippen LogP contribution in [0.5, 0.6) is 0 Å². The summed E-state index contributed by atoms with van der Waals surface area (Å²) in [4.78, 5) is 38.2. The van der Waals surface area contributed by atoms with Crippen molar-refractivity contribution >= 4 is 23.5 Å². The molecule has 2 aromatic heterocycles. The van der Waals surface area contributed by atoms with Gasteiger partial charge in [-0.2, -0.15) is 0 Å². The summed E-state index contributed by atoms with van der Waals surface area (Å²) in [5.41, 5.74) is 12.8. The first-order chi connectivity index (χ1) is 20.5. The van der Waals surface area contributed by atoms with Crippen LogP contribution in [0.4, 0.5) is 16.3 Å². The number of hydrogen-bond donors (Lipinski definition) is 3. The van der Waals surface area contributed by atoms with Gasteiger partial charge in [-0.25, -0.2) is 14.8 Å². The Balaban J connectivity index is 1.21. The Morgan fingerprint density at radius 1 is 0.857 bits per heavy atom. The van der Waals surface area contributed by atoms with Gasteiger partial charge in [0.2, 0.25) is 0 Å². The molecule has 0 saturated carbocycles. The van der Waals surface area contributed by atoms with E-state index in [0.717, 1.165) is 33.4 Å². The molecule has 2 amide bonds. The Morgan fingerprint density at radius 2 is 1.62 bits per heavy atom. The first kappa shape index (κ1) is 28.0. The van der Waals surface area contributed by atoms with Crippen LogP contribution in [0.3, 0.4) is 0 Å². The second-order valence-electron chi connectivity index (χ2n) is 9.61. The summed E-state index contributed by atoms with van der Waals surface area (Å²) in [6.07, 6.45) is 4.98. The predicted molar refractivity (Wildman–Crippen MR) is 163 cm³/mol. The molecule has 0 unspecified atom stereocenters. The van der Waals surface area contributed by atoms with Crippen molar-refractivity contribution in [3.05, 3.63) is 126 Å². The zero-order chi connectivity index (χ0) is 29.3. The van der Waals surface area contributed by atoms with Gasteiger partial charge in [0.05, 0.1) is 23.8 Å². The van der Waals surface area contributed by atoms with Crippen molar-refractivity contribution in [3.63, 3.8) is 0 Å².